The summed E-state index contributed by atoms with van der Waals surface area (Å²) in [5.74, 6) is -0.0737. The molecule has 0 saturated carbocycles. The van der Waals surface area contributed by atoms with Crippen molar-refractivity contribution in [1.82, 2.24) is 5.32 Å². The van der Waals surface area contributed by atoms with Gasteiger partial charge in [-0.1, -0.05) is 306 Å². The van der Waals surface area contributed by atoms with E-state index in [4.69, 9.17) is 0 Å². The SMILES string of the molecule is CCCCCCC/C=C\C/C=C\CCCCCCCCCCCCCCCCCCCCCCCCCCCCCCCC(=O)NC(CO)C(O)/C=C/CC/C=C/CC/C=C/CCCCCCCC. The molecule has 3 N–H and O–H groups in total. The van der Waals surface area contributed by atoms with E-state index in [2.05, 4.69) is 67.8 Å². The maximum atomic E-state index is 12.5. The Hall–Kier alpha value is -1.91. The summed E-state index contributed by atoms with van der Waals surface area (Å²) in [7, 11) is 0. The first-order valence-corrected chi connectivity index (χ1v) is 31.0. The van der Waals surface area contributed by atoms with Crippen molar-refractivity contribution in [3.8, 4) is 0 Å². The average molecular weight is 965 g/mol. The zero-order chi connectivity index (χ0) is 49.9. The summed E-state index contributed by atoms with van der Waals surface area (Å²) in [5.41, 5.74) is 0. The van der Waals surface area contributed by atoms with Crippen LogP contribution in [0.25, 0.3) is 0 Å². The summed E-state index contributed by atoms with van der Waals surface area (Å²) in [4.78, 5) is 12.5. The standard InChI is InChI=1S/C65H121NO3/c1-3-5-7-9-11-13-15-17-19-21-22-23-24-25-26-27-28-29-30-31-32-33-34-35-36-37-38-39-40-41-42-43-44-45-47-49-51-53-55-57-59-61-65(69)66-63(62-67)64(68)60-58-56-54-52-50-48-46-20-18-16-14-12-10-8-6-4-2/h15,17-18,20-22,50,52,58,60,63-64,67-68H,3-14,16,19,23-49,51,53-57,59,61-62H2,1-2H3,(H,66,69)/b17-15-,20-18+,22-21-,52-50+,60-58+. The van der Waals surface area contributed by atoms with Crippen molar-refractivity contribution >= 4 is 5.91 Å². The highest BCUT2D eigenvalue weighted by Crippen LogP contribution is 2.17. The van der Waals surface area contributed by atoms with Gasteiger partial charge in [-0.2, -0.15) is 0 Å². The van der Waals surface area contributed by atoms with Crippen LogP contribution in [0.15, 0.2) is 60.8 Å². The van der Waals surface area contributed by atoms with E-state index in [1.54, 1.807) is 6.08 Å². The number of rotatable bonds is 57. The van der Waals surface area contributed by atoms with Crippen LogP contribution in [-0.4, -0.2) is 34.9 Å². The van der Waals surface area contributed by atoms with Gasteiger partial charge in [0.2, 0.25) is 5.91 Å². The van der Waals surface area contributed by atoms with Gasteiger partial charge in [0, 0.05) is 6.42 Å². The Morgan fingerprint density at radius 2 is 0.609 bits per heavy atom. The molecule has 0 bridgehead atoms. The fraction of sp³-hybridized carbons (Fsp3) is 0.831. The zero-order valence-electron chi connectivity index (χ0n) is 46.6. The number of allylic oxidation sites excluding steroid dienone is 9. The van der Waals surface area contributed by atoms with E-state index < -0.39 is 12.1 Å². The highest BCUT2D eigenvalue weighted by atomic mass is 16.3. The lowest BCUT2D eigenvalue weighted by atomic mass is 10.0. The second-order valence-electron chi connectivity index (χ2n) is 21.1. The molecule has 0 aromatic carbocycles. The molecule has 0 radical (unpaired) electrons. The number of hydrogen-bond donors (Lipinski definition) is 3. The molecular formula is C65H121NO3. The molecule has 0 aliphatic heterocycles. The van der Waals surface area contributed by atoms with Crippen LogP contribution in [0, 0.1) is 0 Å². The highest BCUT2D eigenvalue weighted by molar-refractivity contribution is 5.76. The lowest BCUT2D eigenvalue weighted by molar-refractivity contribution is -0.123. The second kappa shape index (κ2) is 60.4. The predicted molar refractivity (Wildman–Crippen MR) is 308 cm³/mol. The number of aliphatic hydroxyl groups is 2. The molecular weight excluding hydrogens is 843 g/mol. The van der Waals surface area contributed by atoms with E-state index in [1.807, 2.05) is 6.08 Å². The molecule has 0 saturated heterocycles. The van der Waals surface area contributed by atoms with Crippen molar-refractivity contribution in [2.45, 2.75) is 341 Å². The van der Waals surface area contributed by atoms with Crippen LogP contribution in [0.4, 0.5) is 0 Å². The van der Waals surface area contributed by atoms with Crippen molar-refractivity contribution in [2.24, 2.45) is 0 Å². The molecule has 1 amide bonds. The van der Waals surface area contributed by atoms with E-state index in [1.165, 1.54) is 263 Å². The number of nitrogens with one attached hydrogen (secondary N) is 1. The van der Waals surface area contributed by atoms with Crippen molar-refractivity contribution in [3.63, 3.8) is 0 Å². The Morgan fingerprint density at radius 3 is 0.928 bits per heavy atom. The average Bonchev–Trinajstić information content (AvgIpc) is 3.35. The van der Waals surface area contributed by atoms with Crippen LogP contribution < -0.4 is 5.32 Å². The smallest absolute Gasteiger partial charge is 0.220 e. The quantitative estimate of drug-likeness (QED) is 0.0420. The third-order valence-corrected chi connectivity index (χ3v) is 14.2. The first kappa shape index (κ1) is 67.1. The fourth-order valence-electron chi connectivity index (χ4n) is 9.48. The summed E-state index contributed by atoms with van der Waals surface area (Å²) in [6.07, 6.45) is 85.7. The normalized spacial score (nSPS) is 13.2. The van der Waals surface area contributed by atoms with Crippen molar-refractivity contribution in [2.75, 3.05) is 6.61 Å². The zero-order valence-corrected chi connectivity index (χ0v) is 46.6. The van der Waals surface area contributed by atoms with Crippen LogP contribution in [0.3, 0.4) is 0 Å². The van der Waals surface area contributed by atoms with Gasteiger partial charge < -0.3 is 15.5 Å². The first-order chi connectivity index (χ1) is 34.2. The van der Waals surface area contributed by atoms with Crippen molar-refractivity contribution in [1.29, 1.82) is 0 Å². The third-order valence-electron chi connectivity index (χ3n) is 14.2. The highest BCUT2D eigenvalue weighted by Gasteiger charge is 2.18. The van der Waals surface area contributed by atoms with Crippen molar-refractivity contribution < 1.29 is 15.0 Å². The lowest BCUT2D eigenvalue weighted by Crippen LogP contribution is -2.45. The van der Waals surface area contributed by atoms with Gasteiger partial charge in [-0.25, -0.2) is 0 Å². The predicted octanol–water partition coefficient (Wildman–Crippen LogP) is 20.8. The summed E-state index contributed by atoms with van der Waals surface area (Å²) >= 11 is 0. The molecule has 0 heterocycles. The van der Waals surface area contributed by atoms with Gasteiger partial charge in [-0.3, -0.25) is 4.79 Å². The minimum absolute atomic E-state index is 0.0737. The molecule has 0 aromatic heterocycles. The van der Waals surface area contributed by atoms with Crippen LogP contribution in [-0.2, 0) is 4.79 Å². The molecule has 2 unspecified atom stereocenters. The van der Waals surface area contributed by atoms with Gasteiger partial charge in [0.1, 0.15) is 0 Å². The number of aliphatic hydroxyl groups excluding tert-OH is 2. The number of carbonyl (C=O) groups is 1. The second-order valence-corrected chi connectivity index (χ2v) is 21.1. The van der Waals surface area contributed by atoms with Crippen LogP contribution >= 0.6 is 0 Å². The molecule has 4 heteroatoms. The molecule has 0 spiro atoms. The number of hydrogen-bond acceptors (Lipinski definition) is 3. The molecule has 0 fully saturated rings. The molecule has 4 nitrogen and oxygen atoms in total. The Kier molecular flexibility index (Phi) is 58.7. The molecule has 0 rings (SSSR count). The minimum Gasteiger partial charge on any atom is -0.394 e. The van der Waals surface area contributed by atoms with Gasteiger partial charge in [0.25, 0.3) is 0 Å². The third kappa shape index (κ3) is 56.9. The van der Waals surface area contributed by atoms with Gasteiger partial charge in [-0.15, -0.1) is 0 Å². The van der Waals surface area contributed by atoms with E-state index >= 15 is 0 Å². The fourth-order valence-corrected chi connectivity index (χ4v) is 9.48. The summed E-state index contributed by atoms with van der Waals surface area (Å²) < 4.78 is 0. The Bertz CT molecular complexity index is 1140. The van der Waals surface area contributed by atoms with Crippen LogP contribution in [0.1, 0.15) is 328 Å². The molecule has 69 heavy (non-hydrogen) atoms. The summed E-state index contributed by atoms with van der Waals surface area (Å²) in [6.45, 7) is 4.29. The number of carbonyl (C=O) groups excluding carboxylic acids is 1. The molecule has 0 aliphatic rings. The Balaban J connectivity index is 3.40. The molecule has 0 aliphatic carbocycles. The minimum atomic E-state index is -0.870. The Labute approximate surface area is 432 Å². The van der Waals surface area contributed by atoms with E-state index in [0.717, 1.165) is 44.9 Å². The van der Waals surface area contributed by atoms with E-state index in [0.29, 0.717) is 6.42 Å². The summed E-state index contributed by atoms with van der Waals surface area (Å²) in [6, 6.07) is -0.645. The first-order valence-electron chi connectivity index (χ1n) is 31.0. The van der Waals surface area contributed by atoms with Crippen LogP contribution in [0.5, 0.6) is 0 Å². The monoisotopic (exact) mass is 964 g/mol. The maximum Gasteiger partial charge on any atom is 0.220 e. The molecule has 0 aromatic rings. The molecule has 2 atom stereocenters. The maximum absolute atomic E-state index is 12.5. The summed E-state index contributed by atoms with van der Waals surface area (Å²) in [5, 5.41) is 23.1. The Morgan fingerprint density at radius 1 is 0.348 bits per heavy atom. The molecule has 404 valence electrons. The lowest BCUT2D eigenvalue weighted by Gasteiger charge is -2.19. The topological polar surface area (TPSA) is 69.6 Å². The number of unbranched alkanes of at least 4 members (excludes halogenated alkanes) is 42. The van der Waals surface area contributed by atoms with E-state index in [9.17, 15) is 15.0 Å². The van der Waals surface area contributed by atoms with Gasteiger partial charge in [0.05, 0.1) is 18.8 Å². The van der Waals surface area contributed by atoms with Gasteiger partial charge >= 0.3 is 0 Å². The van der Waals surface area contributed by atoms with Crippen molar-refractivity contribution in [3.05, 3.63) is 60.8 Å². The van der Waals surface area contributed by atoms with Gasteiger partial charge in [-0.05, 0) is 77.0 Å². The van der Waals surface area contributed by atoms with Crippen LogP contribution in [0.2, 0.25) is 0 Å². The largest absolute Gasteiger partial charge is 0.394 e. The van der Waals surface area contributed by atoms with E-state index in [-0.39, 0.29) is 12.5 Å². The van der Waals surface area contributed by atoms with Gasteiger partial charge in [0.15, 0.2) is 0 Å². The number of amides is 1.